The van der Waals surface area contributed by atoms with Gasteiger partial charge in [-0.3, -0.25) is 4.72 Å². The van der Waals surface area contributed by atoms with Crippen LogP contribution in [0.25, 0.3) is 10.6 Å². The third kappa shape index (κ3) is 3.77. The fourth-order valence-electron chi connectivity index (χ4n) is 3.22. The summed E-state index contributed by atoms with van der Waals surface area (Å²) in [6.45, 7) is 1.62. The predicted molar refractivity (Wildman–Crippen MR) is 103 cm³/mol. The van der Waals surface area contributed by atoms with Gasteiger partial charge in [0, 0.05) is 5.92 Å². The minimum atomic E-state index is -3.80. The molecule has 5 nitrogen and oxygen atoms in total. The summed E-state index contributed by atoms with van der Waals surface area (Å²) < 4.78 is 47.2. The zero-order valence-electron chi connectivity index (χ0n) is 14.7. The van der Waals surface area contributed by atoms with E-state index in [4.69, 9.17) is 4.42 Å². The molecule has 1 saturated carbocycles. The SMILES string of the molecule is Cc1ccc(NS(=O)(=O)c2ccc(-c3cnc(C4CCCC4)o3)s2)cc1F. The van der Waals surface area contributed by atoms with E-state index in [-0.39, 0.29) is 9.90 Å². The van der Waals surface area contributed by atoms with Crippen molar-refractivity contribution in [2.24, 2.45) is 0 Å². The fraction of sp³-hybridized carbons (Fsp3) is 0.316. The van der Waals surface area contributed by atoms with E-state index in [0.717, 1.165) is 30.1 Å². The van der Waals surface area contributed by atoms with Gasteiger partial charge in [-0.15, -0.1) is 11.3 Å². The molecule has 0 spiro atoms. The van der Waals surface area contributed by atoms with Crippen molar-refractivity contribution in [1.29, 1.82) is 0 Å². The largest absolute Gasteiger partial charge is 0.440 e. The molecule has 1 aliphatic rings. The van der Waals surface area contributed by atoms with E-state index in [9.17, 15) is 12.8 Å². The highest BCUT2D eigenvalue weighted by atomic mass is 32.2. The summed E-state index contributed by atoms with van der Waals surface area (Å²) in [7, 11) is -3.80. The van der Waals surface area contributed by atoms with E-state index in [1.54, 1.807) is 19.2 Å². The number of sulfonamides is 1. The van der Waals surface area contributed by atoms with Gasteiger partial charge in [0.1, 0.15) is 10.0 Å². The molecule has 8 heteroatoms. The molecule has 1 fully saturated rings. The molecule has 1 N–H and O–H groups in total. The van der Waals surface area contributed by atoms with Gasteiger partial charge in [-0.25, -0.2) is 17.8 Å². The Morgan fingerprint density at radius 2 is 2.00 bits per heavy atom. The van der Waals surface area contributed by atoms with Gasteiger partial charge in [0.15, 0.2) is 11.7 Å². The number of thiophene rings is 1. The van der Waals surface area contributed by atoms with Gasteiger partial charge in [-0.05, 0) is 49.6 Å². The highest BCUT2D eigenvalue weighted by Crippen LogP contribution is 2.37. The molecule has 142 valence electrons. The minimum Gasteiger partial charge on any atom is -0.440 e. The number of aryl methyl sites for hydroxylation is 1. The van der Waals surface area contributed by atoms with Crippen LogP contribution in [0.3, 0.4) is 0 Å². The summed E-state index contributed by atoms with van der Waals surface area (Å²) in [5.74, 6) is 1.21. The lowest BCUT2D eigenvalue weighted by molar-refractivity contribution is 0.458. The van der Waals surface area contributed by atoms with Crippen molar-refractivity contribution < 1.29 is 17.2 Å². The van der Waals surface area contributed by atoms with E-state index in [2.05, 4.69) is 9.71 Å². The zero-order valence-corrected chi connectivity index (χ0v) is 16.4. The van der Waals surface area contributed by atoms with Crippen LogP contribution in [0.1, 0.15) is 43.1 Å². The van der Waals surface area contributed by atoms with Crippen molar-refractivity contribution in [3.05, 3.63) is 53.8 Å². The molecule has 0 amide bonds. The first-order valence-electron chi connectivity index (χ1n) is 8.77. The summed E-state index contributed by atoms with van der Waals surface area (Å²) in [4.78, 5) is 5.06. The van der Waals surface area contributed by atoms with Crippen LogP contribution in [-0.2, 0) is 10.0 Å². The molecule has 1 aliphatic carbocycles. The number of nitrogens with zero attached hydrogens (tertiary/aromatic N) is 1. The topological polar surface area (TPSA) is 72.2 Å². The number of aromatic nitrogens is 1. The molecule has 0 saturated heterocycles. The molecule has 1 aromatic carbocycles. The van der Waals surface area contributed by atoms with Gasteiger partial charge in [-0.2, -0.15) is 0 Å². The Hall–Kier alpha value is -2.19. The second-order valence-electron chi connectivity index (χ2n) is 6.73. The van der Waals surface area contributed by atoms with E-state index < -0.39 is 15.8 Å². The molecule has 0 aliphatic heterocycles. The quantitative estimate of drug-likeness (QED) is 0.623. The van der Waals surface area contributed by atoms with Crippen LogP contribution in [0.2, 0.25) is 0 Å². The molecule has 0 bridgehead atoms. The Labute approximate surface area is 161 Å². The molecular formula is C19H19FN2O3S2. The molecule has 0 unspecified atom stereocenters. The smallest absolute Gasteiger partial charge is 0.271 e. The van der Waals surface area contributed by atoms with Gasteiger partial charge >= 0.3 is 0 Å². The van der Waals surface area contributed by atoms with Gasteiger partial charge < -0.3 is 4.42 Å². The van der Waals surface area contributed by atoms with E-state index in [0.29, 0.717) is 22.1 Å². The van der Waals surface area contributed by atoms with Crippen LogP contribution in [0.15, 0.2) is 45.2 Å². The van der Waals surface area contributed by atoms with Crippen LogP contribution in [0.4, 0.5) is 10.1 Å². The van der Waals surface area contributed by atoms with Crippen molar-refractivity contribution in [3.63, 3.8) is 0 Å². The van der Waals surface area contributed by atoms with Gasteiger partial charge in [0.25, 0.3) is 10.0 Å². The first-order chi connectivity index (χ1) is 12.9. The molecule has 3 aromatic rings. The third-order valence-corrected chi connectivity index (χ3v) is 7.71. The fourth-order valence-corrected chi connectivity index (χ4v) is 5.52. The summed E-state index contributed by atoms with van der Waals surface area (Å²) in [6.07, 6.45) is 6.20. The molecule has 2 heterocycles. The maximum Gasteiger partial charge on any atom is 0.271 e. The van der Waals surface area contributed by atoms with Crippen molar-refractivity contribution >= 4 is 27.0 Å². The Kier molecular flexibility index (Phi) is 4.77. The third-order valence-electron chi connectivity index (χ3n) is 4.74. The predicted octanol–water partition coefficient (Wildman–Crippen LogP) is 5.31. The van der Waals surface area contributed by atoms with Crippen molar-refractivity contribution in [2.75, 3.05) is 4.72 Å². The standard InChI is InChI=1S/C19H19FN2O3S2/c1-12-6-7-14(10-15(12)20)22-27(23,24)18-9-8-17(26-18)16-11-21-19(25-16)13-4-2-3-5-13/h6-11,13,22H,2-5H2,1H3. The number of nitrogens with one attached hydrogen (secondary N) is 1. The maximum atomic E-state index is 13.7. The first kappa shape index (κ1) is 18.2. The van der Waals surface area contributed by atoms with Crippen molar-refractivity contribution in [3.8, 4) is 10.6 Å². The number of benzene rings is 1. The van der Waals surface area contributed by atoms with Crippen LogP contribution >= 0.6 is 11.3 Å². The van der Waals surface area contributed by atoms with Crippen LogP contribution < -0.4 is 4.72 Å². The number of anilines is 1. The van der Waals surface area contributed by atoms with Crippen LogP contribution in [0, 0.1) is 12.7 Å². The summed E-state index contributed by atoms with van der Waals surface area (Å²) >= 11 is 1.10. The number of rotatable bonds is 5. The van der Waals surface area contributed by atoms with E-state index in [1.165, 1.54) is 37.1 Å². The highest BCUT2D eigenvalue weighted by Gasteiger charge is 2.23. The number of hydrogen-bond acceptors (Lipinski definition) is 5. The summed E-state index contributed by atoms with van der Waals surface area (Å²) in [5, 5.41) is 0. The number of halogens is 1. The minimum absolute atomic E-state index is 0.136. The molecule has 2 aromatic heterocycles. The molecule has 0 atom stereocenters. The summed E-state index contributed by atoms with van der Waals surface area (Å²) in [6, 6.07) is 7.46. The average Bonchev–Trinajstić information content (AvgIpc) is 3.38. The second kappa shape index (κ2) is 7.09. The van der Waals surface area contributed by atoms with Crippen molar-refractivity contribution in [2.45, 2.75) is 42.7 Å². The molecule has 0 radical (unpaired) electrons. The Morgan fingerprint density at radius 3 is 2.74 bits per heavy atom. The lowest BCUT2D eigenvalue weighted by atomic mass is 10.1. The first-order valence-corrected chi connectivity index (χ1v) is 11.1. The highest BCUT2D eigenvalue weighted by molar-refractivity contribution is 7.94. The Morgan fingerprint density at radius 1 is 1.22 bits per heavy atom. The Balaban J connectivity index is 1.55. The summed E-state index contributed by atoms with van der Waals surface area (Å²) in [5.41, 5.74) is 0.649. The monoisotopic (exact) mass is 406 g/mol. The second-order valence-corrected chi connectivity index (χ2v) is 9.73. The number of hydrogen-bond donors (Lipinski definition) is 1. The molecular weight excluding hydrogens is 387 g/mol. The maximum absolute atomic E-state index is 13.7. The van der Waals surface area contributed by atoms with Gasteiger partial charge in [-0.1, -0.05) is 18.9 Å². The van der Waals surface area contributed by atoms with Crippen LogP contribution in [-0.4, -0.2) is 13.4 Å². The van der Waals surface area contributed by atoms with Crippen molar-refractivity contribution in [1.82, 2.24) is 4.98 Å². The average molecular weight is 407 g/mol. The molecule has 27 heavy (non-hydrogen) atoms. The lowest BCUT2D eigenvalue weighted by Gasteiger charge is -2.07. The van der Waals surface area contributed by atoms with Gasteiger partial charge in [0.2, 0.25) is 0 Å². The van der Waals surface area contributed by atoms with Crippen LogP contribution in [0.5, 0.6) is 0 Å². The zero-order chi connectivity index (χ0) is 19.0. The van der Waals surface area contributed by atoms with Gasteiger partial charge in [0.05, 0.1) is 16.8 Å². The normalized spacial score (nSPS) is 15.3. The van der Waals surface area contributed by atoms with E-state index >= 15 is 0 Å². The lowest BCUT2D eigenvalue weighted by Crippen LogP contribution is -2.11. The number of oxazole rings is 1. The van der Waals surface area contributed by atoms with E-state index in [1.807, 2.05) is 0 Å². The Bertz CT molecular complexity index is 1070. The molecule has 4 rings (SSSR count).